The molecule has 1 atom stereocenters. The molecule has 5 nitrogen and oxygen atoms in total. The van der Waals surface area contributed by atoms with E-state index in [1.165, 1.54) is 6.92 Å². The number of carbonyl (C=O) groups is 2. The third-order valence-electron chi connectivity index (χ3n) is 2.86. The van der Waals surface area contributed by atoms with Gasteiger partial charge in [0, 0.05) is 18.7 Å². The molecular formula is C14H19NO4. The average Bonchev–Trinajstić information content (AvgIpc) is 2.44. The first-order valence-electron chi connectivity index (χ1n) is 6.23. The first-order valence-corrected chi connectivity index (χ1v) is 6.23. The van der Waals surface area contributed by atoms with Crippen molar-refractivity contribution < 1.29 is 19.8 Å². The molecule has 0 saturated carbocycles. The predicted molar refractivity (Wildman–Crippen MR) is 70.8 cm³/mol. The van der Waals surface area contributed by atoms with Crippen LogP contribution in [0.15, 0.2) is 24.3 Å². The number of Topliss-reactive ketones (excluding diaryl/α,β-unsaturated/α-hetero) is 1. The fourth-order valence-electron chi connectivity index (χ4n) is 1.78. The lowest BCUT2D eigenvalue weighted by atomic mass is 9.93. The first kappa shape index (κ1) is 15.3. The summed E-state index contributed by atoms with van der Waals surface area (Å²) >= 11 is 0. The van der Waals surface area contributed by atoms with E-state index >= 15 is 0 Å². The van der Waals surface area contributed by atoms with Gasteiger partial charge in [-0.2, -0.15) is 0 Å². The second-order valence-corrected chi connectivity index (χ2v) is 4.23. The van der Waals surface area contributed by atoms with Crippen LogP contribution in [0.4, 0.5) is 0 Å². The van der Waals surface area contributed by atoms with Crippen molar-refractivity contribution in [2.24, 2.45) is 5.92 Å². The van der Waals surface area contributed by atoms with Gasteiger partial charge in [-0.25, -0.2) is 0 Å². The second-order valence-electron chi connectivity index (χ2n) is 4.23. The highest BCUT2D eigenvalue weighted by Gasteiger charge is 2.23. The van der Waals surface area contributed by atoms with Crippen LogP contribution in [0.2, 0.25) is 0 Å². The van der Waals surface area contributed by atoms with Gasteiger partial charge in [-0.15, -0.1) is 0 Å². The molecule has 0 spiro atoms. The Hall–Kier alpha value is -1.72. The second kappa shape index (κ2) is 7.66. The smallest absolute Gasteiger partial charge is 0.230 e. The van der Waals surface area contributed by atoms with Gasteiger partial charge in [-0.05, 0) is 18.9 Å². The summed E-state index contributed by atoms with van der Waals surface area (Å²) in [5.41, 5.74) is 1.19. The number of carbonyl (C=O) groups excluding carboxylic acids is 2. The van der Waals surface area contributed by atoms with Crippen molar-refractivity contribution in [1.82, 2.24) is 5.32 Å². The van der Waals surface area contributed by atoms with Crippen molar-refractivity contribution in [1.29, 1.82) is 0 Å². The Morgan fingerprint density at radius 1 is 1.21 bits per heavy atom. The van der Waals surface area contributed by atoms with E-state index in [9.17, 15) is 9.59 Å². The van der Waals surface area contributed by atoms with E-state index in [1.54, 1.807) is 24.3 Å². The summed E-state index contributed by atoms with van der Waals surface area (Å²) in [6, 6.07) is 6.94. The van der Waals surface area contributed by atoms with E-state index in [1.807, 2.05) is 0 Å². The van der Waals surface area contributed by atoms with Crippen molar-refractivity contribution in [3.05, 3.63) is 35.4 Å². The van der Waals surface area contributed by atoms with Crippen LogP contribution in [0, 0.1) is 5.92 Å². The van der Waals surface area contributed by atoms with Gasteiger partial charge in [0.1, 0.15) is 0 Å². The molecule has 5 heteroatoms. The van der Waals surface area contributed by atoms with E-state index in [0.29, 0.717) is 12.0 Å². The van der Waals surface area contributed by atoms with Crippen LogP contribution in [-0.2, 0) is 11.2 Å². The van der Waals surface area contributed by atoms with Gasteiger partial charge in [-0.1, -0.05) is 24.3 Å². The van der Waals surface area contributed by atoms with Gasteiger partial charge in [0.15, 0.2) is 5.78 Å². The summed E-state index contributed by atoms with van der Waals surface area (Å²) in [4.78, 5) is 23.9. The molecule has 0 fully saturated rings. The minimum atomic E-state index is -0.814. The number of ketones is 1. The lowest BCUT2D eigenvalue weighted by Gasteiger charge is -2.13. The fraction of sp³-hybridized carbons (Fsp3) is 0.429. The number of rotatable bonds is 7. The van der Waals surface area contributed by atoms with Crippen molar-refractivity contribution in [2.75, 3.05) is 19.8 Å². The topological polar surface area (TPSA) is 86.6 Å². The molecule has 0 bridgehead atoms. The van der Waals surface area contributed by atoms with E-state index in [2.05, 4.69) is 5.32 Å². The molecule has 0 aliphatic carbocycles. The summed E-state index contributed by atoms with van der Waals surface area (Å²) < 4.78 is 0. The highest BCUT2D eigenvalue weighted by atomic mass is 16.3. The summed E-state index contributed by atoms with van der Waals surface area (Å²) in [7, 11) is 0. The minimum Gasteiger partial charge on any atom is -0.396 e. The van der Waals surface area contributed by atoms with Crippen LogP contribution < -0.4 is 5.32 Å². The molecular weight excluding hydrogens is 246 g/mol. The van der Waals surface area contributed by atoms with Gasteiger partial charge < -0.3 is 15.5 Å². The van der Waals surface area contributed by atoms with Crippen LogP contribution in [0.5, 0.6) is 0 Å². The molecule has 0 aliphatic rings. The molecule has 104 valence electrons. The largest absolute Gasteiger partial charge is 0.396 e. The maximum atomic E-state index is 12.2. The van der Waals surface area contributed by atoms with E-state index < -0.39 is 11.8 Å². The third-order valence-corrected chi connectivity index (χ3v) is 2.86. The van der Waals surface area contributed by atoms with Gasteiger partial charge in [0.05, 0.1) is 12.5 Å². The Kier molecular flexibility index (Phi) is 6.18. The zero-order chi connectivity index (χ0) is 14.3. The van der Waals surface area contributed by atoms with E-state index in [4.69, 9.17) is 10.2 Å². The van der Waals surface area contributed by atoms with E-state index in [-0.39, 0.29) is 25.5 Å². The molecule has 0 radical (unpaired) electrons. The Morgan fingerprint density at radius 2 is 1.89 bits per heavy atom. The Morgan fingerprint density at radius 3 is 2.53 bits per heavy atom. The number of amides is 1. The lowest BCUT2D eigenvalue weighted by Crippen LogP contribution is -2.35. The van der Waals surface area contributed by atoms with Crippen LogP contribution in [0.1, 0.15) is 22.8 Å². The van der Waals surface area contributed by atoms with Crippen LogP contribution in [0.25, 0.3) is 0 Å². The van der Waals surface area contributed by atoms with Crippen LogP contribution >= 0.6 is 0 Å². The maximum Gasteiger partial charge on any atom is 0.230 e. The summed E-state index contributed by atoms with van der Waals surface area (Å²) in [5, 5.41) is 20.1. The normalized spacial score (nSPS) is 11.9. The predicted octanol–water partition coefficient (Wildman–Crippen LogP) is 0.149. The average molecular weight is 265 g/mol. The highest BCUT2D eigenvalue weighted by molar-refractivity contribution is 6.10. The summed E-state index contributed by atoms with van der Waals surface area (Å²) in [6.45, 7) is 1.46. The zero-order valence-electron chi connectivity index (χ0n) is 10.9. The van der Waals surface area contributed by atoms with Gasteiger partial charge in [-0.3, -0.25) is 9.59 Å². The molecule has 1 aromatic rings. The van der Waals surface area contributed by atoms with Gasteiger partial charge >= 0.3 is 0 Å². The molecule has 1 aromatic carbocycles. The number of nitrogens with one attached hydrogen (secondary N) is 1. The van der Waals surface area contributed by atoms with E-state index in [0.717, 1.165) is 5.56 Å². The summed E-state index contributed by atoms with van der Waals surface area (Å²) in [6.07, 6.45) is 0.382. The fourth-order valence-corrected chi connectivity index (χ4v) is 1.78. The summed E-state index contributed by atoms with van der Waals surface area (Å²) in [5.74, 6) is -1.50. The number of hydrogen-bond donors (Lipinski definition) is 3. The standard InChI is InChI=1S/C14H19NO4/c1-10(14(19)15-7-9-17)13(18)12-5-3-2-4-11(12)6-8-16/h2-5,10,16-17H,6-9H2,1H3,(H,15,19). The van der Waals surface area contributed by atoms with Crippen LogP contribution in [0.3, 0.4) is 0 Å². The lowest BCUT2D eigenvalue weighted by molar-refractivity contribution is -0.123. The SMILES string of the molecule is CC(C(=O)NCCO)C(=O)c1ccccc1CCO. The number of aliphatic hydroxyl groups is 2. The van der Waals surface area contributed by atoms with Gasteiger partial charge in [0.2, 0.25) is 5.91 Å². The molecule has 1 unspecified atom stereocenters. The molecule has 1 rings (SSSR count). The monoisotopic (exact) mass is 265 g/mol. The highest BCUT2D eigenvalue weighted by Crippen LogP contribution is 2.15. The molecule has 1 amide bonds. The Balaban J connectivity index is 2.84. The van der Waals surface area contributed by atoms with Crippen molar-refractivity contribution in [2.45, 2.75) is 13.3 Å². The number of hydrogen-bond acceptors (Lipinski definition) is 4. The zero-order valence-corrected chi connectivity index (χ0v) is 10.9. The molecule has 0 aliphatic heterocycles. The number of aliphatic hydroxyl groups excluding tert-OH is 2. The van der Waals surface area contributed by atoms with Crippen molar-refractivity contribution in [3.63, 3.8) is 0 Å². The quantitative estimate of drug-likeness (QED) is 0.484. The molecule has 0 heterocycles. The molecule has 3 N–H and O–H groups in total. The minimum absolute atomic E-state index is 0.0462. The molecule has 0 aromatic heterocycles. The molecule has 0 saturated heterocycles. The van der Waals surface area contributed by atoms with Crippen LogP contribution in [-0.4, -0.2) is 41.7 Å². The molecule has 19 heavy (non-hydrogen) atoms. The van der Waals surface area contributed by atoms with Gasteiger partial charge in [0.25, 0.3) is 0 Å². The first-order chi connectivity index (χ1) is 9.11. The van der Waals surface area contributed by atoms with Crippen molar-refractivity contribution >= 4 is 11.7 Å². The van der Waals surface area contributed by atoms with Crippen molar-refractivity contribution in [3.8, 4) is 0 Å². The Bertz CT molecular complexity index is 445. The number of benzene rings is 1. The maximum absolute atomic E-state index is 12.2. The Labute approximate surface area is 112 Å². The third kappa shape index (κ3) is 4.15.